The molecule has 1 unspecified atom stereocenters. The Kier molecular flexibility index (Phi) is 5.44. The second-order valence-corrected chi connectivity index (χ2v) is 6.76. The Morgan fingerprint density at radius 3 is 2.65 bits per heavy atom. The smallest absolute Gasteiger partial charge is 0.230 e. The van der Waals surface area contributed by atoms with Gasteiger partial charge < -0.3 is 15.1 Å². The van der Waals surface area contributed by atoms with Crippen molar-refractivity contribution in [2.45, 2.75) is 51.5 Å². The highest BCUT2D eigenvalue weighted by Gasteiger charge is 2.42. The van der Waals surface area contributed by atoms with E-state index in [0.717, 1.165) is 64.7 Å². The largest absolute Gasteiger partial charge is 0.342 e. The monoisotopic (exact) mass is 281 g/mol. The van der Waals surface area contributed by atoms with Gasteiger partial charge in [-0.1, -0.05) is 13.3 Å². The van der Waals surface area contributed by atoms with Crippen LogP contribution in [-0.4, -0.2) is 62.0 Å². The number of hydrogen-bond acceptors (Lipinski definition) is 3. The summed E-state index contributed by atoms with van der Waals surface area (Å²) in [6.07, 6.45) is 6.55. The molecule has 2 rings (SSSR count). The van der Waals surface area contributed by atoms with Crippen molar-refractivity contribution in [3.05, 3.63) is 0 Å². The lowest BCUT2D eigenvalue weighted by molar-refractivity contribution is -0.145. The van der Waals surface area contributed by atoms with Crippen molar-refractivity contribution < 1.29 is 4.79 Å². The molecule has 20 heavy (non-hydrogen) atoms. The van der Waals surface area contributed by atoms with Crippen LogP contribution in [-0.2, 0) is 4.79 Å². The highest BCUT2D eigenvalue weighted by molar-refractivity contribution is 5.83. The molecule has 1 amide bonds. The molecule has 0 aliphatic carbocycles. The number of nitrogens with zero attached hydrogens (tertiary/aromatic N) is 2. The van der Waals surface area contributed by atoms with Gasteiger partial charge in [0.05, 0.1) is 5.41 Å². The molecular formula is C16H31N3O. The number of amides is 1. The van der Waals surface area contributed by atoms with E-state index < -0.39 is 0 Å². The molecule has 4 nitrogen and oxygen atoms in total. The quantitative estimate of drug-likeness (QED) is 0.852. The van der Waals surface area contributed by atoms with Gasteiger partial charge in [0.1, 0.15) is 0 Å². The number of nitrogens with one attached hydrogen (secondary N) is 1. The number of carbonyl (C=O) groups excluding carboxylic acids is 1. The topological polar surface area (TPSA) is 35.6 Å². The van der Waals surface area contributed by atoms with E-state index in [1.807, 2.05) is 7.05 Å². The van der Waals surface area contributed by atoms with E-state index in [-0.39, 0.29) is 5.41 Å². The highest BCUT2D eigenvalue weighted by Crippen LogP contribution is 2.34. The number of rotatable bonds is 4. The van der Waals surface area contributed by atoms with Crippen LogP contribution in [0.25, 0.3) is 0 Å². The van der Waals surface area contributed by atoms with Gasteiger partial charge in [0, 0.05) is 19.6 Å². The average molecular weight is 281 g/mol. The lowest BCUT2D eigenvalue weighted by Gasteiger charge is -2.43. The molecule has 116 valence electrons. The summed E-state index contributed by atoms with van der Waals surface area (Å²) < 4.78 is 0. The minimum atomic E-state index is -0.134. The van der Waals surface area contributed by atoms with Gasteiger partial charge in [-0.3, -0.25) is 4.79 Å². The van der Waals surface area contributed by atoms with Crippen LogP contribution in [0.4, 0.5) is 0 Å². The van der Waals surface area contributed by atoms with Crippen LogP contribution in [0.15, 0.2) is 0 Å². The van der Waals surface area contributed by atoms with E-state index in [4.69, 9.17) is 0 Å². The van der Waals surface area contributed by atoms with Gasteiger partial charge in [0.25, 0.3) is 0 Å². The Morgan fingerprint density at radius 2 is 2.10 bits per heavy atom. The van der Waals surface area contributed by atoms with Crippen LogP contribution in [0.3, 0.4) is 0 Å². The summed E-state index contributed by atoms with van der Waals surface area (Å²) in [5, 5.41) is 3.45. The highest BCUT2D eigenvalue weighted by atomic mass is 16.2. The fourth-order valence-electron chi connectivity index (χ4n) is 3.87. The molecule has 0 saturated carbocycles. The second-order valence-electron chi connectivity index (χ2n) is 6.76. The maximum Gasteiger partial charge on any atom is 0.230 e. The van der Waals surface area contributed by atoms with Crippen molar-refractivity contribution in [2.75, 3.05) is 40.3 Å². The van der Waals surface area contributed by atoms with Crippen LogP contribution >= 0.6 is 0 Å². The zero-order chi connectivity index (χ0) is 14.6. The molecule has 2 aliphatic rings. The van der Waals surface area contributed by atoms with Gasteiger partial charge in [-0.15, -0.1) is 0 Å². The van der Waals surface area contributed by atoms with E-state index in [9.17, 15) is 4.79 Å². The third-order valence-corrected chi connectivity index (χ3v) is 5.21. The molecule has 1 N–H and O–H groups in total. The average Bonchev–Trinajstić information content (AvgIpc) is 2.48. The molecule has 0 aromatic carbocycles. The second kappa shape index (κ2) is 6.90. The van der Waals surface area contributed by atoms with Gasteiger partial charge >= 0.3 is 0 Å². The predicted molar refractivity (Wildman–Crippen MR) is 82.7 cm³/mol. The van der Waals surface area contributed by atoms with Gasteiger partial charge in [0.2, 0.25) is 5.91 Å². The third kappa shape index (κ3) is 3.34. The van der Waals surface area contributed by atoms with E-state index >= 15 is 0 Å². The summed E-state index contributed by atoms with van der Waals surface area (Å²) in [5.74, 6) is 0.390. The lowest BCUT2D eigenvalue weighted by atomic mass is 9.75. The van der Waals surface area contributed by atoms with Crippen molar-refractivity contribution in [3.8, 4) is 0 Å². The van der Waals surface area contributed by atoms with Crippen molar-refractivity contribution >= 4 is 5.91 Å². The van der Waals surface area contributed by atoms with Crippen molar-refractivity contribution in [1.82, 2.24) is 15.1 Å². The molecule has 4 heteroatoms. The van der Waals surface area contributed by atoms with Crippen molar-refractivity contribution in [3.63, 3.8) is 0 Å². The summed E-state index contributed by atoms with van der Waals surface area (Å²) in [6, 6.07) is 0.439. The molecule has 2 fully saturated rings. The molecule has 2 heterocycles. The first-order chi connectivity index (χ1) is 9.59. The predicted octanol–water partition coefficient (Wildman–Crippen LogP) is 1.71. The Morgan fingerprint density at radius 1 is 1.40 bits per heavy atom. The Labute approximate surface area is 123 Å². The fraction of sp³-hybridized carbons (Fsp3) is 0.938. The summed E-state index contributed by atoms with van der Waals surface area (Å²) >= 11 is 0. The maximum atomic E-state index is 13.1. The third-order valence-electron chi connectivity index (χ3n) is 5.21. The maximum absolute atomic E-state index is 13.1. The number of hydrogen-bond donors (Lipinski definition) is 1. The van der Waals surface area contributed by atoms with Crippen LogP contribution in [0.2, 0.25) is 0 Å². The van der Waals surface area contributed by atoms with Crippen LogP contribution in [0, 0.1) is 5.41 Å². The van der Waals surface area contributed by atoms with Crippen molar-refractivity contribution in [1.29, 1.82) is 0 Å². The minimum Gasteiger partial charge on any atom is -0.342 e. The molecule has 0 aromatic rings. The Hall–Kier alpha value is -0.610. The van der Waals surface area contributed by atoms with Crippen LogP contribution < -0.4 is 5.32 Å². The standard InChI is InChI=1S/C16H31N3O/c1-4-8-16(9-5-10-17-13-16)15(20)19(3)14-6-11-18(2)12-7-14/h14,17H,4-13H2,1-3H3. The normalized spacial score (nSPS) is 29.4. The molecular weight excluding hydrogens is 250 g/mol. The van der Waals surface area contributed by atoms with E-state index in [2.05, 4.69) is 29.1 Å². The first kappa shape index (κ1) is 15.8. The van der Waals surface area contributed by atoms with E-state index in [0.29, 0.717) is 11.9 Å². The molecule has 0 radical (unpaired) electrons. The zero-order valence-corrected chi connectivity index (χ0v) is 13.5. The molecule has 2 aliphatic heterocycles. The number of carbonyl (C=O) groups is 1. The van der Waals surface area contributed by atoms with Gasteiger partial charge in [-0.25, -0.2) is 0 Å². The Bertz CT molecular complexity index is 312. The summed E-state index contributed by atoms with van der Waals surface area (Å²) in [4.78, 5) is 17.5. The molecule has 2 saturated heterocycles. The summed E-state index contributed by atoms with van der Waals surface area (Å²) in [5.41, 5.74) is -0.134. The van der Waals surface area contributed by atoms with Gasteiger partial charge in [-0.05, 0) is 58.8 Å². The molecule has 0 aromatic heterocycles. The van der Waals surface area contributed by atoms with E-state index in [1.54, 1.807) is 0 Å². The number of likely N-dealkylation sites (tertiary alicyclic amines) is 1. The zero-order valence-electron chi connectivity index (χ0n) is 13.5. The minimum absolute atomic E-state index is 0.134. The van der Waals surface area contributed by atoms with E-state index in [1.165, 1.54) is 0 Å². The van der Waals surface area contributed by atoms with Gasteiger partial charge in [0.15, 0.2) is 0 Å². The van der Waals surface area contributed by atoms with Gasteiger partial charge in [-0.2, -0.15) is 0 Å². The van der Waals surface area contributed by atoms with Crippen molar-refractivity contribution in [2.24, 2.45) is 5.41 Å². The summed E-state index contributed by atoms with van der Waals surface area (Å²) in [6.45, 7) is 6.36. The number of piperidine rings is 2. The first-order valence-electron chi connectivity index (χ1n) is 8.25. The Balaban J connectivity index is 2.02. The van der Waals surface area contributed by atoms with Crippen LogP contribution in [0.1, 0.15) is 45.4 Å². The molecule has 1 atom stereocenters. The van der Waals surface area contributed by atoms with Crippen LogP contribution in [0.5, 0.6) is 0 Å². The SMILES string of the molecule is CCCC1(C(=O)N(C)C2CCN(C)CC2)CCCNC1. The first-order valence-corrected chi connectivity index (χ1v) is 8.25. The molecule has 0 bridgehead atoms. The lowest BCUT2D eigenvalue weighted by Crippen LogP contribution is -2.54. The fourth-order valence-corrected chi connectivity index (χ4v) is 3.87. The molecule has 0 spiro atoms. The summed E-state index contributed by atoms with van der Waals surface area (Å²) in [7, 11) is 4.20.